The Labute approximate surface area is 384 Å². The van der Waals surface area contributed by atoms with Crippen molar-refractivity contribution in [1.82, 2.24) is 0 Å². The molecule has 0 radical (unpaired) electrons. The summed E-state index contributed by atoms with van der Waals surface area (Å²) in [7, 11) is 0. The van der Waals surface area contributed by atoms with Gasteiger partial charge < -0.3 is 0 Å². The van der Waals surface area contributed by atoms with Crippen LogP contribution in [0.2, 0.25) is 0 Å². The monoisotopic (exact) mass is 840 g/mol. The highest BCUT2D eigenvalue weighted by molar-refractivity contribution is 6.44. The molecule has 67 heavy (non-hydrogen) atoms. The molecule has 13 bridgehead atoms. The summed E-state index contributed by atoms with van der Waals surface area (Å²) in [6, 6.07) is 48.5. The van der Waals surface area contributed by atoms with Crippen molar-refractivity contribution in [3.05, 3.63) is 208 Å². The first kappa shape index (κ1) is 33.4. The Morgan fingerprint density at radius 1 is 0.418 bits per heavy atom. The third-order valence-corrected chi connectivity index (χ3v) is 18.0. The van der Waals surface area contributed by atoms with Crippen LogP contribution in [0.25, 0.3) is 148 Å². The summed E-state index contributed by atoms with van der Waals surface area (Å²) in [5.74, 6) is 1.07. The Kier molecular flexibility index (Phi) is 5.47. The number of allylic oxidation sites excluding steroid dienone is 10. The highest BCUT2D eigenvalue weighted by atomic mass is 14.5. The van der Waals surface area contributed by atoms with E-state index in [1.54, 1.807) is 11.1 Å². The van der Waals surface area contributed by atoms with Crippen molar-refractivity contribution in [3.63, 3.8) is 0 Å². The summed E-state index contributed by atoms with van der Waals surface area (Å²) >= 11 is 0. The topological polar surface area (TPSA) is 0 Å². The molecule has 0 saturated carbocycles. The van der Waals surface area contributed by atoms with Crippen LogP contribution in [0.3, 0.4) is 0 Å². The van der Waals surface area contributed by atoms with Crippen LogP contribution in [0, 0.1) is 23.7 Å². The van der Waals surface area contributed by atoms with E-state index < -0.39 is 0 Å². The van der Waals surface area contributed by atoms with E-state index in [2.05, 4.69) is 182 Å². The van der Waals surface area contributed by atoms with Gasteiger partial charge in [0.05, 0.1) is 0 Å². The molecule has 7 aliphatic carbocycles. The lowest BCUT2D eigenvalue weighted by Crippen LogP contribution is -2.38. The first-order valence-corrected chi connectivity index (χ1v) is 24.4. The molecule has 304 valence electrons. The van der Waals surface area contributed by atoms with Gasteiger partial charge in [-0.15, -0.1) is 0 Å². The minimum Gasteiger partial charge on any atom is -0.0795 e. The minimum atomic E-state index is 0.243. The zero-order valence-electron chi connectivity index (χ0n) is 36.3. The largest absolute Gasteiger partial charge is 0.0795 e. The average Bonchev–Trinajstić information content (AvgIpc) is 3.56. The molecule has 19 rings (SSSR count). The molecule has 0 aromatic heterocycles. The maximum Gasteiger partial charge on any atom is 0.0214 e. The molecular formula is C67H36. The SMILES string of the molecule is C1=Cc2cc3c4cccc3c3ccc5cc6c7cccc8cc9ccc%10cc%11c(c%12cc(c6c(c5c23)C1)c(c87)c9c%10%12)C1=CC2C=CC3=c5c(ccc6ccc-4cc56)=CC4C=CC(C2=C34)C1C=C%11. The molecule has 0 aliphatic heterocycles. The Morgan fingerprint density at radius 3 is 2.24 bits per heavy atom. The number of benzene rings is 12. The molecule has 4 unspecified atom stereocenters. The predicted octanol–water partition coefficient (Wildman–Crippen LogP) is 15.6. The van der Waals surface area contributed by atoms with Gasteiger partial charge in [0.1, 0.15) is 0 Å². The van der Waals surface area contributed by atoms with Gasteiger partial charge in [0.2, 0.25) is 0 Å². The first-order chi connectivity index (χ1) is 33.2. The summed E-state index contributed by atoms with van der Waals surface area (Å²) in [4.78, 5) is 0. The van der Waals surface area contributed by atoms with E-state index in [1.807, 2.05) is 0 Å². The second kappa shape index (κ2) is 11.0. The van der Waals surface area contributed by atoms with Crippen molar-refractivity contribution in [3.8, 4) is 11.1 Å². The second-order valence-electron chi connectivity index (χ2n) is 20.8. The lowest BCUT2D eigenvalue weighted by molar-refractivity contribution is 0.563. The van der Waals surface area contributed by atoms with Crippen molar-refractivity contribution in [2.24, 2.45) is 23.7 Å². The molecule has 0 saturated heterocycles. The van der Waals surface area contributed by atoms with Gasteiger partial charge in [-0.2, -0.15) is 0 Å². The molecule has 0 nitrogen and oxygen atoms in total. The predicted molar refractivity (Wildman–Crippen MR) is 285 cm³/mol. The Bertz CT molecular complexity index is 4880. The van der Waals surface area contributed by atoms with Gasteiger partial charge >= 0.3 is 0 Å². The molecule has 0 amide bonds. The van der Waals surface area contributed by atoms with Gasteiger partial charge in [0.25, 0.3) is 0 Å². The summed E-state index contributed by atoms with van der Waals surface area (Å²) in [5, 5.41) is 30.1. The maximum atomic E-state index is 2.69. The Morgan fingerprint density at radius 2 is 1.25 bits per heavy atom. The molecule has 0 N–H and O–H groups in total. The lowest BCUT2D eigenvalue weighted by atomic mass is 9.59. The van der Waals surface area contributed by atoms with Crippen molar-refractivity contribution < 1.29 is 0 Å². The van der Waals surface area contributed by atoms with Gasteiger partial charge in [0, 0.05) is 23.7 Å². The van der Waals surface area contributed by atoms with Gasteiger partial charge in [-0.1, -0.05) is 146 Å². The minimum absolute atomic E-state index is 0.243. The van der Waals surface area contributed by atoms with Gasteiger partial charge in [0.15, 0.2) is 0 Å². The fourth-order valence-electron chi connectivity index (χ4n) is 15.5. The molecule has 12 aromatic carbocycles. The standard InChI is InChI=1S/C67H36/c1-4-34-24-40-15-14-38-26-37-16-20-45-48-21-17-39-25-36-13-11-32-10-12-33-27-51(32)57(36)50-23-19-41(60(48)62(39)50)29-53(45)58(37)55-31-56-66-49-9-2-5-35-28-52-43(33)6-3-7-44(52)47-22-18-42(63(49)59(35)47)30-54(66)46(8-1)61(34)67(56)65(40)64(38)55/h1-8,10-31,39,41,45,48H,9H2. The normalized spacial score (nSPS) is 21.3. The Hall–Kier alpha value is -8.06. The average molecular weight is 841 g/mol. The number of hydrogen-bond acceptors (Lipinski definition) is 0. The Balaban J connectivity index is 1.09. The highest BCUT2D eigenvalue weighted by Gasteiger charge is 2.42. The van der Waals surface area contributed by atoms with Gasteiger partial charge in [-0.05, 0) is 217 Å². The van der Waals surface area contributed by atoms with Crippen LogP contribution in [0.1, 0.15) is 22.3 Å². The van der Waals surface area contributed by atoms with E-state index in [-0.39, 0.29) is 17.8 Å². The van der Waals surface area contributed by atoms with E-state index in [0.29, 0.717) is 5.92 Å². The van der Waals surface area contributed by atoms with Crippen molar-refractivity contribution >= 4 is 137 Å². The summed E-state index contributed by atoms with van der Waals surface area (Å²) in [6.07, 6.45) is 26.3. The van der Waals surface area contributed by atoms with Crippen LogP contribution < -0.4 is 10.4 Å². The molecule has 4 atom stereocenters. The van der Waals surface area contributed by atoms with E-state index in [9.17, 15) is 0 Å². The summed E-state index contributed by atoms with van der Waals surface area (Å²) < 4.78 is 0. The quantitative estimate of drug-likeness (QED) is 0.0811. The number of rotatable bonds is 0. The van der Waals surface area contributed by atoms with Crippen molar-refractivity contribution in [1.29, 1.82) is 0 Å². The molecule has 0 fully saturated rings. The molecular weight excluding hydrogens is 805 g/mol. The molecule has 12 aromatic rings. The van der Waals surface area contributed by atoms with E-state index in [4.69, 9.17) is 0 Å². The summed E-state index contributed by atoms with van der Waals surface area (Å²) in [6.45, 7) is 0. The van der Waals surface area contributed by atoms with E-state index in [1.165, 1.54) is 163 Å². The molecule has 7 aliphatic rings. The van der Waals surface area contributed by atoms with Crippen LogP contribution in [-0.2, 0) is 6.42 Å². The van der Waals surface area contributed by atoms with Crippen LogP contribution >= 0.6 is 0 Å². The molecule has 0 heteroatoms. The van der Waals surface area contributed by atoms with E-state index >= 15 is 0 Å². The second-order valence-corrected chi connectivity index (χ2v) is 20.8. The smallest absolute Gasteiger partial charge is 0.0214 e. The zero-order valence-corrected chi connectivity index (χ0v) is 36.3. The van der Waals surface area contributed by atoms with Crippen molar-refractivity contribution in [2.75, 3.05) is 0 Å². The number of hydrogen-bond donors (Lipinski definition) is 0. The molecule has 0 heterocycles. The van der Waals surface area contributed by atoms with Crippen LogP contribution in [-0.4, -0.2) is 0 Å². The van der Waals surface area contributed by atoms with Crippen LogP contribution in [0.15, 0.2) is 175 Å². The highest BCUT2D eigenvalue weighted by Crippen LogP contribution is 2.58. The molecule has 0 spiro atoms. The van der Waals surface area contributed by atoms with Crippen LogP contribution in [0.4, 0.5) is 0 Å². The fourth-order valence-corrected chi connectivity index (χ4v) is 15.5. The van der Waals surface area contributed by atoms with Crippen LogP contribution in [0.5, 0.6) is 0 Å². The third-order valence-electron chi connectivity index (χ3n) is 18.0. The van der Waals surface area contributed by atoms with Gasteiger partial charge in [-0.25, -0.2) is 0 Å². The van der Waals surface area contributed by atoms with Gasteiger partial charge in [-0.3, -0.25) is 0 Å². The third kappa shape index (κ3) is 3.71. The zero-order chi connectivity index (χ0) is 42.7. The van der Waals surface area contributed by atoms with Crippen molar-refractivity contribution in [2.45, 2.75) is 6.42 Å². The lowest BCUT2D eigenvalue weighted by Gasteiger charge is -2.44. The fraction of sp³-hybridized carbons (Fsp3) is 0.0746. The number of fused-ring (bicyclic) bond motifs is 5. The van der Waals surface area contributed by atoms with E-state index in [0.717, 1.165) is 6.42 Å². The first-order valence-electron chi connectivity index (χ1n) is 24.4. The maximum absolute atomic E-state index is 2.69. The summed E-state index contributed by atoms with van der Waals surface area (Å²) in [5.41, 5.74) is 14.2.